The minimum Gasteiger partial charge on any atom is -0.422 e. The van der Waals surface area contributed by atoms with Gasteiger partial charge in [0.15, 0.2) is 0 Å². The summed E-state index contributed by atoms with van der Waals surface area (Å²) in [5, 5.41) is 0.617. The molecule has 27 heavy (non-hydrogen) atoms. The number of carbonyl (C=O) groups excluding carboxylic acids is 1. The Labute approximate surface area is 160 Å². The summed E-state index contributed by atoms with van der Waals surface area (Å²) in [5.41, 5.74) is -0.116. The normalized spacial score (nSPS) is 11.6. The summed E-state index contributed by atoms with van der Waals surface area (Å²) >= 11 is 3.20. The molecule has 0 spiro atoms. The smallest absolute Gasteiger partial charge is 0.422 e. The minimum absolute atomic E-state index is 0.0308. The van der Waals surface area contributed by atoms with Crippen LogP contribution in [0.4, 0.5) is 18.9 Å². The van der Waals surface area contributed by atoms with Crippen LogP contribution in [0, 0.1) is 0 Å². The van der Waals surface area contributed by atoms with Crippen LogP contribution >= 0.6 is 15.9 Å². The topological polar surface area (TPSA) is 50.5 Å². The van der Waals surface area contributed by atoms with E-state index in [-0.39, 0.29) is 23.4 Å². The number of nitrogens with zero attached hydrogens (tertiary/aromatic N) is 1. The van der Waals surface area contributed by atoms with Crippen molar-refractivity contribution >= 4 is 38.5 Å². The Bertz CT molecular complexity index is 1080. The van der Waals surface area contributed by atoms with E-state index in [1.165, 1.54) is 19.1 Å². The number of amides is 1. The molecule has 0 atom stereocenters. The van der Waals surface area contributed by atoms with Crippen LogP contribution in [-0.2, 0) is 4.79 Å². The highest BCUT2D eigenvalue weighted by Gasteiger charge is 2.43. The van der Waals surface area contributed by atoms with Gasteiger partial charge < -0.3 is 9.32 Å². The van der Waals surface area contributed by atoms with E-state index >= 15 is 0 Å². The molecule has 140 valence electrons. The van der Waals surface area contributed by atoms with Gasteiger partial charge in [-0.05, 0) is 31.2 Å². The standard InChI is InChI=1S/C19H13BrF3NO3/c1-2-24(18(26)19(21,22)23)15-10-12(20)7-8-13(15)14-9-11-5-3-4-6-16(11)27-17(14)25/h3-10H,2H2,1H3. The quantitative estimate of drug-likeness (QED) is 0.531. The Morgan fingerprint density at radius 1 is 1.11 bits per heavy atom. The zero-order valence-corrected chi connectivity index (χ0v) is 15.6. The van der Waals surface area contributed by atoms with E-state index in [1.54, 1.807) is 36.4 Å². The summed E-state index contributed by atoms with van der Waals surface area (Å²) in [6.45, 7) is 1.21. The van der Waals surface area contributed by atoms with Gasteiger partial charge in [0.05, 0.1) is 11.3 Å². The van der Waals surface area contributed by atoms with Crippen molar-refractivity contribution in [3.8, 4) is 11.1 Å². The summed E-state index contributed by atoms with van der Waals surface area (Å²) in [6, 6.07) is 12.8. The SMILES string of the molecule is CCN(C(=O)C(F)(F)F)c1cc(Br)ccc1-c1cc2ccccc2oc1=O. The van der Waals surface area contributed by atoms with Crippen molar-refractivity contribution in [2.45, 2.75) is 13.1 Å². The minimum atomic E-state index is -5.04. The van der Waals surface area contributed by atoms with Crippen LogP contribution < -0.4 is 10.5 Å². The number of benzene rings is 2. The second-order valence-corrected chi connectivity index (χ2v) is 6.61. The maximum Gasteiger partial charge on any atom is 0.471 e. The van der Waals surface area contributed by atoms with Gasteiger partial charge in [0.2, 0.25) is 0 Å². The molecular formula is C19H13BrF3NO3. The molecule has 1 amide bonds. The molecule has 1 heterocycles. The summed E-state index contributed by atoms with van der Waals surface area (Å²) in [4.78, 5) is 24.9. The fraction of sp³-hybridized carbons (Fsp3) is 0.158. The highest BCUT2D eigenvalue weighted by atomic mass is 79.9. The molecule has 0 aliphatic rings. The average Bonchev–Trinajstić information content (AvgIpc) is 2.61. The van der Waals surface area contributed by atoms with E-state index in [4.69, 9.17) is 4.42 Å². The van der Waals surface area contributed by atoms with Crippen molar-refractivity contribution in [3.63, 3.8) is 0 Å². The molecule has 0 saturated carbocycles. The molecular weight excluding hydrogens is 427 g/mol. The second-order valence-electron chi connectivity index (χ2n) is 5.69. The van der Waals surface area contributed by atoms with Crippen LogP contribution in [-0.4, -0.2) is 18.6 Å². The van der Waals surface area contributed by atoms with Gasteiger partial charge in [-0.3, -0.25) is 4.79 Å². The summed E-state index contributed by atoms with van der Waals surface area (Å²) in [6.07, 6.45) is -5.04. The third-order valence-corrected chi connectivity index (χ3v) is 4.48. The predicted octanol–water partition coefficient (Wildman–Crippen LogP) is 5.14. The van der Waals surface area contributed by atoms with Gasteiger partial charge in [0.1, 0.15) is 5.58 Å². The molecule has 0 fully saturated rings. The molecule has 0 bridgehead atoms. The average molecular weight is 440 g/mol. The summed E-state index contributed by atoms with van der Waals surface area (Å²) in [5.74, 6) is -2.01. The number of alkyl halides is 3. The van der Waals surface area contributed by atoms with E-state index in [9.17, 15) is 22.8 Å². The molecule has 0 saturated heterocycles. The second kappa shape index (κ2) is 7.19. The lowest BCUT2D eigenvalue weighted by atomic mass is 10.0. The van der Waals surface area contributed by atoms with Crippen LogP contribution in [0.3, 0.4) is 0 Å². The third kappa shape index (κ3) is 3.75. The predicted molar refractivity (Wildman–Crippen MR) is 99.7 cm³/mol. The fourth-order valence-corrected chi connectivity index (χ4v) is 3.13. The molecule has 8 heteroatoms. The van der Waals surface area contributed by atoms with Crippen molar-refractivity contribution in [1.29, 1.82) is 0 Å². The lowest BCUT2D eigenvalue weighted by molar-refractivity contribution is -0.170. The molecule has 0 aliphatic carbocycles. The van der Waals surface area contributed by atoms with Crippen molar-refractivity contribution in [2.24, 2.45) is 0 Å². The van der Waals surface area contributed by atoms with E-state index in [1.807, 2.05) is 0 Å². The lowest BCUT2D eigenvalue weighted by Crippen LogP contribution is -2.41. The Hall–Kier alpha value is -2.61. The van der Waals surface area contributed by atoms with E-state index in [2.05, 4.69) is 15.9 Å². The highest BCUT2D eigenvalue weighted by Crippen LogP contribution is 2.35. The van der Waals surface area contributed by atoms with Gasteiger partial charge in [-0.1, -0.05) is 40.2 Å². The molecule has 1 aromatic heterocycles. The van der Waals surface area contributed by atoms with Gasteiger partial charge in [-0.2, -0.15) is 13.2 Å². The first kappa shape index (κ1) is 19.2. The fourth-order valence-electron chi connectivity index (χ4n) is 2.78. The Morgan fingerprint density at radius 2 is 1.81 bits per heavy atom. The van der Waals surface area contributed by atoms with Crippen LogP contribution in [0.1, 0.15) is 6.92 Å². The molecule has 3 aromatic rings. The molecule has 4 nitrogen and oxygen atoms in total. The molecule has 0 aliphatic heterocycles. The first-order valence-corrected chi connectivity index (χ1v) is 8.73. The van der Waals surface area contributed by atoms with Gasteiger partial charge in [0.25, 0.3) is 0 Å². The number of anilines is 1. The Balaban J connectivity index is 2.25. The Morgan fingerprint density at radius 3 is 2.48 bits per heavy atom. The van der Waals surface area contributed by atoms with Gasteiger partial charge >= 0.3 is 17.7 Å². The number of hydrogen-bond acceptors (Lipinski definition) is 3. The number of fused-ring (bicyclic) bond motifs is 1. The summed E-state index contributed by atoms with van der Waals surface area (Å²) < 4.78 is 44.8. The number of halogens is 4. The van der Waals surface area contributed by atoms with Crippen LogP contribution in [0.5, 0.6) is 0 Å². The first-order chi connectivity index (χ1) is 12.7. The largest absolute Gasteiger partial charge is 0.471 e. The first-order valence-electron chi connectivity index (χ1n) is 7.94. The van der Waals surface area contributed by atoms with Gasteiger partial charge in [-0.25, -0.2) is 4.79 Å². The number of rotatable bonds is 3. The molecule has 0 radical (unpaired) electrons. The van der Waals surface area contributed by atoms with Crippen LogP contribution in [0.15, 0.2) is 62.2 Å². The molecule has 0 unspecified atom stereocenters. The maximum atomic E-state index is 13.0. The number of carbonyl (C=O) groups is 1. The number of para-hydroxylation sites is 1. The van der Waals surface area contributed by atoms with Crippen LogP contribution in [0.25, 0.3) is 22.1 Å². The lowest BCUT2D eigenvalue weighted by Gasteiger charge is -2.25. The van der Waals surface area contributed by atoms with Crippen molar-refractivity contribution in [2.75, 3.05) is 11.4 Å². The number of hydrogen-bond donors (Lipinski definition) is 0. The van der Waals surface area contributed by atoms with E-state index < -0.39 is 17.7 Å². The van der Waals surface area contributed by atoms with Gasteiger partial charge in [-0.15, -0.1) is 0 Å². The highest BCUT2D eigenvalue weighted by molar-refractivity contribution is 9.10. The zero-order chi connectivity index (χ0) is 19.8. The molecule has 2 aromatic carbocycles. The zero-order valence-electron chi connectivity index (χ0n) is 14.0. The molecule has 0 N–H and O–H groups in total. The summed E-state index contributed by atoms with van der Waals surface area (Å²) in [7, 11) is 0. The monoisotopic (exact) mass is 439 g/mol. The van der Waals surface area contributed by atoms with Crippen molar-refractivity contribution in [3.05, 3.63) is 63.4 Å². The van der Waals surface area contributed by atoms with E-state index in [0.29, 0.717) is 20.3 Å². The van der Waals surface area contributed by atoms with Crippen molar-refractivity contribution < 1.29 is 22.4 Å². The van der Waals surface area contributed by atoms with Gasteiger partial charge in [0, 0.05) is 22.0 Å². The third-order valence-electron chi connectivity index (χ3n) is 3.99. The molecule has 3 rings (SSSR count). The Kier molecular flexibility index (Phi) is 5.10. The maximum absolute atomic E-state index is 13.0. The van der Waals surface area contributed by atoms with Crippen LogP contribution in [0.2, 0.25) is 0 Å². The van der Waals surface area contributed by atoms with Crippen molar-refractivity contribution in [1.82, 2.24) is 0 Å². The van der Waals surface area contributed by atoms with E-state index in [0.717, 1.165) is 0 Å².